The molecule has 5 amide bonds. The number of aromatic hydroxyl groups is 1. The number of phenolic OH excluding ortho intramolecular Hbond substituents is 1. The van der Waals surface area contributed by atoms with Crippen LogP contribution >= 0.6 is 0 Å². The third-order valence-electron chi connectivity index (χ3n) is 9.87. The third kappa shape index (κ3) is 8.16. The van der Waals surface area contributed by atoms with E-state index in [0.29, 0.717) is 18.0 Å². The fraction of sp³-hybridized carbons (Fsp3) is 0.385. The molecular weight excluding hydrogens is 632 g/mol. The molecule has 1 aliphatic carbocycles. The number of phenols is 1. The number of nitrogens with one attached hydrogen (secondary N) is 2. The normalized spacial score (nSPS) is 20.0. The zero-order valence-electron chi connectivity index (χ0n) is 28.4. The van der Waals surface area contributed by atoms with Crippen LogP contribution in [0.25, 0.3) is 0 Å². The lowest BCUT2D eigenvalue weighted by Crippen LogP contribution is -2.76. The minimum Gasteiger partial charge on any atom is -0.508 e. The van der Waals surface area contributed by atoms with Crippen LogP contribution in [0, 0.1) is 5.92 Å². The number of carbonyl (C=O) groups excluding carboxylic acids is 4. The average Bonchev–Trinajstić information content (AvgIpc) is 3.13. The molecule has 0 spiro atoms. The van der Waals surface area contributed by atoms with E-state index in [1.165, 1.54) is 19.3 Å². The van der Waals surface area contributed by atoms with Crippen LogP contribution in [-0.4, -0.2) is 87.1 Å². The molecule has 11 heteroatoms. The molecule has 2 heterocycles. The Morgan fingerprint density at radius 2 is 1.62 bits per heavy atom. The van der Waals surface area contributed by atoms with Crippen molar-refractivity contribution in [1.29, 1.82) is 0 Å². The molecular formula is C39H46N6O5. The molecule has 3 aliphatic rings. The topological polar surface area (TPSA) is 126 Å². The summed E-state index contributed by atoms with van der Waals surface area (Å²) in [6.45, 7) is 5.21. The van der Waals surface area contributed by atoms with E-state index < -0.39 is 18.2 Å². The quantitative estimate of drug-likeness (QED) is 0.258. The zero-order valence-corrected chi connectivity index (χ0v) is 28.4. The van der Waals surface area contributed by atoms with Crippen LogP contribution < -0.4 is 10.6 Å². The van der Waals surface area contributed by atoms with Crippen molar-refractivity contribution in [3.8, 4) is 5.75 Å². The van der Waals surface area contributed by atoms with Crippen LogP contribution in [0.1, 0.15) is 59.2 Å². The molecule has 3 N–H and O–H groups in total. The Hall–Kier alpha value is -5.16. The summed E-state index contributed by atoms with van der Waals surface area (Å²) < 4.78 is 0. The van der Waals surface area contributed by atoms with Gasteiger partial charge in [0, 0.05) is 38.2 Å². The molecule has 3 aromatic carbocycles. The SMILES string of the molecule is C=CCN1CC(=O)N2C(Cc3ccc(O)cc3)C(=O)N(Cc3cccc(C(=O)NCC4CCCCC4)c3)C[C@@H]2N1C(=O)NCc1ccccc1. The maximum Gasteiger partial charge on any atom is 0.334 e. The molecule has 3 aromatic rings. The maximum atomic E-state index is 14.3. The van der Waals surface area contributed by atoms with Crippen LogP contribution in [0.5, 0.6) is 5.75 Å². The molecule has 3 fully saturated rings. The predicted molar refractivity (Wildman–Crippen MR) is 189 cm³/mol. The third-order valence-corrected chi connectivity index (χ3v) is 9.87. The Balaban J connectivity index is 1.27. The average molecular weight is 679 g/mol. The van der Waals surface area contributed by atoms with E-state index in [9.17, 15) is 24.3 Å². The molecule has 1 saturated carbocycles. The molecule has 1 unspecified atom stereocenters. The summed E-state index contributed by atoms with van der Waals surface area (Å²) in [5, 5.41) is 19.2. The van der Waals surface area contributed by atoms with Crippen molar-refractivity contribution >= 4 is 23.8 Å². The number of fused-ring (bicyclic) bond motifs is 1. The van der Waals surface area contributed by atoms with Crippen LogP contribution in [-0.2, 0) is 29.1 Å². The molecule has 11 nitrogen and oxygen atoms in total. The highest BCUT2D eigenvalue weighted by molar-refractivity contribution is 5.94. The smallest absolute Gasteiger partial charge is 0.334 e. The maximum absolute atomic E-state index is 14.3. The van der Waals surface area contributed by atoms with Gasteiger partial charge in [0.15, 0.2) is 0 Å². The standard InChI is InChI=1S/C39H46N6O5/c1-2-20-43-27-36(47)44-34(22-28-16-18-33(46)19-17-28)38(49)42(26-35(44)45(43)39(50)41-24-30-12-7-4-8-13-30)25-31-14-9-15-32(21-31)37(48)40-23-29-10-5-3-6-11-29/h2,4,7-9,12-19,21,29,34-35,46H,1,3,5-6,10-11,20,22-27H2,(H,40,48)(H,41,50)/t34?,35-/m0/s1. The van der Waals surface area contributed by atoms with Gasteiger partial charge >= 0.3 is 6.03 Å². The number of nitrogens with zero attached hydrogens (tertiary/aromatic N) is 4. The summed E-state index contributed by atoms with van der Waals surface area (Å²) in [6.07, 6.45) is 6.97. The Morgan fingerprint density at radius 1 is 0.880 bits per heavy atom. The summed E-state index contributed by atoms with van der Waals surface area (Å²) in [6, 6.07) is 22.1. The number of amides is 5. The first-order chi connectivity index (χ1) is 24.3. The van der Waals surface area contributed by atoms with Crippen molar-refractivity contribution in [2.75, 3.05) is 26.2 Å². The Labute approximate surface area is 293 Å². The lowest BCUT2D eigenvalue weighted by molar-refractivity contribution is -0.189. The van der Waals surface area contributed by atoms with Crippen LogP contribution in [0.4, 0.5) is 4.79 Å². The largest absolute Gasteiger partial charge is 0.508 e. The van der Waals surface area contributed by atoms with Crippen molar-refractivity contribution in [2.45, 2.75) is 63.8 Å². The van der Waals surface area contributed by atoms with E-state index in [0.717, 1.165) is 29.5 Å². The van der Waals surface area contributed by atoms with Crippen LogP contribution in [0.2, 0.25) is 0 Å². The van der Waals surface area contributed by atoms with Gasteiger partial charge in [0.2, 0.25) is 11.8 Å². The summed E-state index contributed by atoms with van der Waals surface area (Å²) >= 11 is 0. The van der Waals surface area contributed by atoms with Gasteiger partial charge in [0.25, 0.3) is 5.91 Å². The second kappa shape index (κ2) is 16.0. The Bertz CT molecular complexity index is 1680. The molecule has 0 aromatic heterocycles. The summed E-state index contributed by atoms with van der Waals surface area (Å²) in [5.41, 5.74) is 2.98. The van der Waals surface area contributed by atoms with Gasteiger partial charge in [0.1, 0.15) is 18.0 Å². The van der Waals surface area contributed by atoms with E-state index in [-0.39, 0.29) is 62.6 Å². The number of hydrogen-bond acceptors (Lipinski definition) is 6. The van der Waals surface area contributed by atoms with E-state index in [2.05, 4.69) is 17.2 Å². The molecule has 2 atom stereocenters. The number of rotatable bonds is 11. The highest BCUT2D eigenvalue weighted by atomic mass is 16.3. The van der Waals surface area contributed by atoms with Crippen LogP contribution in [0.3, 0.4) is 0 Å². The van der Waals surface area contributed by atoms with Crippen molar-refractivity contribution in [3.05, 3.63) is 114 Å². The van der Waals surface area contributed by atoms with Crippen molar-refractivity contribution in [2.24, 2.45) is 5.92 Å². The van der Waals surface area contributed by atoms with Gasteiger partial charge in [-0.1, -0.05) is 79.9 Å². The molecule has 2 aliphatic heterocycles. The number of carbonyl (C=O) groups is 4. The van der Waals surface area contributed by atoms with Gasteiger partial charge in [-0.25, -0.2) is 14.8 Å². The van der Waals surface area contributed by atoms with Gasteiger partial charge in [-0.05, 0) is 59.7 Å². The molecule has 6 rings (SSSR count). The number of hydrogen-bond donors (Lipinski definition) is 3. The monoisotopic (exact) mass is 678 g/mol. The first kappa shape index (κ1) is 34.7. The molecule has 2 saturated heterocycles. The molecule has 0 radical (unpaired) electrons. The summed E-state index contributed by atoms with van der Waals surface area (Å²) in [7, 11) is 0. The van der Waals surface area contributed by atoms with E-state index in [1.54, 1.807) is 56.2 Å². The highest BCUT2D eigenvalue weighted by Crippen LogP contribution is 2.30. The molecule has 0 bridgehead atoms. The van der Waals surface area contributed by atoms with E-state index in [1.807, 2.05) is 48.5 Å². The Morgan fingerprint density at radius 3 is 2.36 bits per heavy atom. The van der Waals surface area contributed by atoms with Crippen molar-refractivity contribution in [3.63, 3.8) is 0 Å². The van der Waals surface area contributed by atoms with E-state index >= 15 is 0 Å². The molecule has 50 heavy (non-hydrogen) atoms. The Kier molecular flexibility index (Phi) is 11.1. The van der Waals surface area contributed by atoms with Crippen molar-refractivity contribution < 1.29 is 24.3 Å². The first-order valence-corrected chi connectivity index (χ1v) is 17.5. The first-order valence-electron chi connectivity index (χ1n) is 17.5. The van der Waals surface area contributed by atoms with Crippen molar-refractivity contribution in [1.82, 2.24) is 30.5 Å². The van der Waals surface area contributed by atoms with Gasteiger partial charge in [-0.15, -0.1) is 6.58 Å². The number of piperazine rings is 1. The van der Waals surface area contributed by atoms with Gasteiger partial charge < -0.3 is 25.5 Å². The lowest BCUT2D eigenvalue weighted by atomic mass is 9.89. The second-order valence-electron chi connectivity index (χ2n) is 13.4. The minimum atomic E-state index is -0.900. The fourth-order valence-electron chi connectivity index (χ4n) is 7.32. The second-order valence-corrected chi connectivity index (χ2v) is 13.4. The van der Waals surface area contributed by atoms with Gasteiger partial charge in [-0.2, -0.15) is 0 Å². The number of benzene rings is 3. The summed E-state index contributed by atoms with van der Waals surface area (Å²) in [4.78, 5) is 58.6. The van der Waals surface area contributed by atoms with Crippen LogP contribution in [0.15, 0.2) is 91.5 Å². The highest BCUT2D eigenvalue weighted by Gasteiger charge is 2.51. The van der Waals surface area contributed by atoms with Gasteiger partial charge in [0.05, 0.1) is 13.1 Å². The van der Waals surface area contributed by atoms with Gasteiger partial charge in [-0.3, -0.25) is 14.4 Å². The fourth-order valence-corrected chi connectivity index (χ4v) is 7.32. The predicted octanol–water partition coefficient (Wildman–Crippen LogP) is 4.44. The van der Waals surface area contributed by atoms with E-state index in [4.69, 9.17) is 0 Å². The number of urea groups is 1. The zero-order chi connectivity index (χ0) is 35.0. The summed E-state index contributed by atoms with van der Waals surface area (Å²) in [5.74, 6) is -0.0599. The molecule has 262 valence electrons. The number of hydrazine groups is 1. The lowest BCUT2D eigenvalue weighted by Gasteiger charge is -2.55. The minimum absolute atomic E-state index is 0.0706.